The first-order valence-corrected chi connectivity index (χ1v) is 8.95. The number of hydrogen-bond acceptors (Lipinski definition) is 4. The molecule has 0 saturated heterocycles. The van der Waals surface area contributed by atoms with E-state index in [1.54, 1.807) is 37.6 Å². The van der Waals surface area contributed by atoms with Crippen LogP contribution in [0.2, 0.25) is 0 Å². The number of pyridine rings is 1. The van der Waals surface area contributed by atoms with Crippen molar-refractivity contribution in [3.63, 3.8) is 0 Å². The molecule has 2 N–H and O–H groups in total. The molecule has 3 rings (SSSR count). The normalized spacial score (nSPS) is 10.4. The van der Waals surface area contributed by atoms with Gasteiger partial charge in [-0.2, -0.15) is 0 Å². The Hall–Kier alpha value is -3.41. The predicted molar refractivity (Wildman–Crippen MR) is 109 cm³/mol. The fourth-order valence-corrected chi connectivity index (χ4v) is 2.77. The molecular formula is C22H22FN3O2. The second-order valence-electron chi connectivity index (χ2n) is 6.39. The lowest BCUT2D eigenvalue weighted by Gasteiger charge is -2.12. The molecule has 0 aliphatic carbocycles. The van der Waals surface area contributed by atoms with Gasteiger partial charge in [-0.05, 0) is 60.9 Å². The molecule has 0 bridgehead atoms. The largest absolute Gasteiger partial charge is 0.495 e. The zero-order valence-electron chi connectivity index (χ0n) is 15.8. The minimum absolute atomic E-state index is 0.244. The van der Waals surface area contributed by atoms with Gasteiger partial charge in [-0.1, -0.05) is 18.2 Å². The first-order valence-electron chi connectivity index (χ1n) is 8.95. The molecule has 0 aliphatic rings. The number of methoxy groups -OCH3 is 1. The van der Waals surface area contributed by atoms with E-state index in [4.69, 9.17) is 4.74 Å². The van der Waals surface area contributed by atoms with Gasteiger partial charge in [0.1, 0.15) is 17.3 Å². The van der Waals surface area contributed by atoms with Gasteiger partial charge < -0.3 is 15.4 Å². The summed E-state index contributed by atoms with van der Waals surface area (Å²) in [6, 6.07) is 15.5. The Kier molecular flexibility index (Phi) is 6.22. The molecule has 0 unspecified atom stereocenters. The Balaban J connectivity index is 1.63. The zero-order valence-corrected chi connectivity index (χ0v) is 15.8. The summed E-state index contributed by atoms with van der Waals surface area (Å²) in [5.74, 6) is 0.0327. The fraction of sp³-hybridized carbons (Fsp3) is 0.182. The second kappa shape index (κ2) is 8.99. The van der Waals surface area contributed by atoms with E-state index < -0.39 is 0 Å². The molecule has 0 spiro atoms. The van der Waals surface area contributed by atoms with Gasteiger partial charge in [0.05, 0.1) is 12.8 Å². The van der Waals surface area contributed by atoms with E-state index in [1.165, 1.54) is 12.1 Å². The monoisotopic (exact) mass is 379 g/mol. The van der Waals surface area contributed by atoms with E-state index in [0.717, 1.165) is 23.2 Å². The van der Waals surface area contributed by atoms with Crippen LogP contribution in [0.25, 0.3) is 0 Å². The first kappa shape index (κ1) is 19.4. The lowest BCUT2D eigenvalue weighted by atomic mass is 10.1. The van der Waals surface area contributed by atoms with Crippen molar-refractivity contribution >= 4 is 17.3 Å². The summed E-state index contributed by atoms with van der Waals surface area (Å²) < 4.78 is 18.2. The maximum atomic E-state index is 13.0. The summed E-state index contributed by atoms with van der Waals surface area (Å²) >= 11 is 0. The SMILES string of the molecule is COc1ccc(C)cc1NC(=O)c1cc(NCCc2ccc(F)cc2)ccn1. The standard InChI is InChI=1S/C22H22FN3O2/c1-15-3-8-21(28-2)19(13-15)26-22(27)20-14-18(10-12-25-20)24-11-9-16-4-6-17(23)7-5-16/h3-8,10,12-14H,9,11H2,1-2H3,(H,24,25)(H,26,27). The third-order valence-corrected chi connectivity index (χ3v) is 4.25. The molecule has 5 nitrogen and oxygen atoms in total. The first-order chi connectivity index (χ1) is 13.5. The molecule has 28 heavy (non-hydrogen) atoms. The highest BCUT2D eigenvalue weighted by Gasteiger charge is 2.12. The molecule has 0 atom stereocenters. The summed E-state index contributed by atoms with van der Waals surface area (Å²) in [6.45, 7) is 2.60. The van der Waals surface area contributed by atoms with Crippen LogP contribution >= 0.6 is 0 Å². The molecule has 1 aromatic heterocycles. The number of benzene rings is 2. The van der Waals surface area contributed by atoms with Crippen molar-refractivity contribution < 1.29 is 13.9 Å². The van der Waals surface area contributed by atoms with Crippen LogP contribution in [0.5, 0.6) is 5.75 Å². The molecule has 144 valence electrons. The topological polar surface area (TPSA) is 63.2 Å². The number of ether oxygens (including phenoxy) is 1. The maximum absolute atomic E-state index is 13.0. The number of anilines is 2. The number of rotatable bonds is 7. The molecule has 0 radical (unpaired) electrons. The van der Waals surface area contributed by atoms with Crippen LogP contribution in [0.15, 0.2) is 60.8 Å². The van der Waals surface area contributed by atoms with Crippen molar-refractivity contribution in [2.75, 3.05) is 24.3 Å². The van der Waals surface area contributed by atoms with Crippen LogP contribution in [-0.4, -0.2) is 24.5 Å². The van der Waals surface area contributed by atoms with Crippen LogP contribution in [-0.2, 0) is 6.42 Å². The summed E-state index contributed by atoms with van der Waals surface area (Å²) in [5, 5.41) is 6.10. The van der Waals surface area contributed by atoms with E-state index >= 15 is 0 Å². The second-order valence-corrected chi connectivity index (χ2v) is 6.39. The van der Waals surface area contributed by atoms with E-state index in [-0.39, 0.29) is 11.7 Å². The average Bonchev–Trinajstić information content (AvgIpc) is 2.70. The molecular weight excluding hydrogens is 357 g/mol. The van der Waals surface area contributed by atoms with Crippen molar-refractivity contribution in [1.29, 1.82) is 0 Å². The molecule has 1 heterocycles. The third-order valence-electron chi connectivity index (χ3n) is 4.25. The molecule has 0 fully saturated rings. The van der Waals surface area contributed by atoms with Crippen molar-refractivity contribution in [3.05, 3.63) is 83.4 Å². The molecule has 6 heteroatoms. The van der Waals surface area contributed by atoms with Crippen molar-refractivity contribution in [1.82, 2.24) is 4.98 Å². The number of hydrogen-bond donors (Lipinski definition) is 2. The van der Waals surface area contributed by atoms with Crippen LogP contribution in [0.3, 0.4) is 0 Å². The minimum atomic E-state index is -0.314. The fourth-order valence-electron chi connectivity index (χ4n) is 2.77. The summed E-state index contributed by atoms with van der Waals surface area (Å²) in [4.78, 5) is 16.7. The van der Waals surface area contributed by atoms with Crippen molar-refractivity contribution in [3.8, 4) is 5.75 Å². The number of aromatic nitrogens is 1. The highest BCUT2D eigenvalue weighted by molar-refractivity contribution is 6.04. The van der Waals surface area contributed by atoms with Gasteiger partial charge in [-0.3, -0.25) is 9.78 Å². The molecule has 0 aliphatic heterocycles. The van der Waals surface area contributed by atoms with Gasteiger partial charge in [-0.25, -0.2) is 4.39 Å². The maximum Gasteiger partial charge on any atom is 0.274 e. The number of nitrogens with zero attached hydrogens (tertiary/aromatic N) is 1. The van der Waals surface area contributed by atoms with Gasteiger partial charge in [0.15, 0.2) is 0 Å². The number of halogens is 1. The number of aryl methyl sites for hydroxylation is 1. The van der Waals surface area contributed by atoms with E-state index in [1.807, 2.05) is 25.1 Å². The van der Waals surface area contributed by atoms with Crippen LogP contribution in [0.1, 0.15) is 21.6 Å². The van der Waals surface area contributed by atoms with Crippen LogP contribution < -0.4 is 15.4 Å². The van der Waals surface area contributed by atoms with Crippen molar-refractivity contribution in [2.24, 2.45) is 0 Å². The smallest absolute Gasteiger partial charge is 0.274 e. The van der Waals surface area contributed by atoms with E-state index in [2.05, 4.69) is 15.6 Å². The average molecular weight is 379 g/mol. The number of nitrogens with one attached hydrogen (secondary N) is 2. The summed E-state index contributed by atoms with van der Waals surface area (Å²) in [6.07, 6.45) is 2.33. The van der Waals surface area contributed by atoms with Gasteiger partial charge in [0, 0.05) is 18.4 Å². The number of carbonyl (C=O) groups excluding carboxylic acids is 1. The Bertz CT molecular complexity index is 958. The van der Waals surface area contributed by atoms with Gasteiger partial charge >= 0.3 is 0 Å². The Morgan fingerprint density at radius 1 is 1.11 bits per heavy atom. The number of amides is 1. The predicted octanol–water partition coefficient (Wildman–Crippen LogP) is 4.44. The Labute approximate surface area is 163 Å². The zero-order chi connectivity index (χ0) is 19.9. The molecule has 0 saturated carbocycles. The van der Waals surface area contributed by atoms with Gasteiger partial charge in [0.25, 0.3) is 5.91 Å². The van der Waals surface area contributed by atoms with Gasteiger partial charge in [-0.15, -0.1) is 0 Å². The number of carbonyl (C=O) groups is 1. The van der Waals surface area contributed by atoms with Crippen molar-refractivity contribution in [2.45, 2.75) is 13.3 Å². The molecule has 2 aromatic carbocycles. The molecule has 1 amide bonds. The van der Waals surface area contributed by atoms with E-state index in [0.29, 0.717) is 23.7 Å². The summed E-state index contributed by atoms with van der Waals surface area (Å²) in [5.41, 5.74) is 3.74. The highest BCUT2D eigenvalue weighted by atomic mass is 19.1. The Morgan fingerprint density at radius 2 is 1.89 bits per heavy atom. The third kappa shape index (κ3) is 5.07. The summed E-state index contributed by atoms with van der Waals surface area (Å²) in [7, 11) is 1.56. The highest BCUT2D eigenvalue weighted by Crippen LogP contribution is 2.25. The van der Waals surface area contributed by atoms with E-state index in [9.17, 15) is 9.18 Å². The molecule has 3 aromatic rings. The Morgan fingerprint density at radius 3 is 2.64 bits per heavy atom. The quantitative estimate of drug-likeness (QED) is 0.637. The van der Waals surface area contributed by atoms with Gasteiger partial charge in [0.2, 0.25) is 0 Å². The lowest BCUT2D eigenvalue weighted by molar-refractivity contribution is 0.102. The lowest BCUT2D eigenvalue weighted by Crippen LogP contribution is -2.15. The minimum Gasteiger partial charge on any atom is -0.495 e. The van der Waals surface area contributed by atoms with Crippen LogP contribution in [0.4, 0.5) is 15.8 Å². The van der Waals surface area contributed by atoms with Crippen LogP contribution in [0, 0.1) is 12.7 Å².